The fourth-order valence-corrected chi connectivity index (χ4v) is 11.6. The summed E-state index contributed by atoms with van der Waals surface area (Å²) in [5, 5.41) is 7.34. The molecule has 14 aromatic rings. The van der Waals surface area contributed by atoms with E-state index in [0.29, 0.717) is 5.95 Å². The van der Waals surface area contributed by atoms with Crippen LogP contribution in [-0.4, -0.2) is 19.1 Å². The number of aromatic nitrogens is 4. The molecule has 4 nitrogen and oxygen atoms in total. The highest BCUT2D eigenvalue weighted by Gasteiger charge is 2.23. The number of hydrogen-bond donors (Lipinski definition) is 0. The van der Waals surface area contributed by atoms with Crippen LogP contribution in [0, 0.1) is 0 Å². The van der Waals surface area contributed by atoms with E-state index < -0.39 is 0 Å². The molecule has 0 bridgehead atoms. The van der Waals surface area contributed by atoms with Crippen LogP contribution in [0.5, 0.6) is 0 Å². The molecule has 0 aliphatic heterocycles. The topological polar surface area (TPSA) is 35.6 Å². The molecule has 0 saturated heterocycles. The second-order valence-corrected chi connectivity index (χ2v) is 18.8. The first-order valence-electron chi connectivity index (χ1n) is 23.4. The van der Waals surface area contributed by atoms with E-state index >= 15 is 0 Å². The van der Waals surface area contributed by atoms with E-state index in [1.165, 1.54) is 42.0 Å². The van der Waals surface area contributed by atoms with Gasteiger partial charge in [-0.2, -0.15) is 0 Å². The summed E-state index contributed by atoms with van der Waals surface area (Å²) in [7, 11) is 0. The number of rotatable bonds is 7. The standard InChI is InChI=1S/C64H40N4S/c1-6-18-41(19-7-1)47-36-50(42-20-8-2-9-21-42)63-55(37-47)52-35-46(31-33-59(52)68(63)64-65-56(43-22-10-3-11-23-43)39-57(66-64)44-24-12-4-13-25-44)45-30-32-58-51(34-45)53-38-54-49-28-16-17-29-61(49)69-62(54)40-60(53)67(58)48-26-14-5-15-27-48/h1-40H. The summed E-state index contributed by atoms with van der Waals surface area (Å²) in [5.74, 6) is 0.620. The van der Waals surface area contributed by atoms with E-state index in [1.54, 1.807) is 0 Å². The molecule has 0 saturated carbocycles. The molecule has 0 N–H and O–H groups in total. The summed E-state index contributed by atoms with van der Waals surface area (Å²) >= 11 is 1.87. The summed E-state index contributed by atoms with van der Waals surface area (Å²) in [6.07, 6.45) is 0. The lowest BCUT2D eigenvalue weighted by Crippen LogP contribution is -2.04. The first kappa shape index (κ1) is 39.3. The zero-order chi connectivity index (χ0) is 45.4. The molecule has 0 amide bonds. The molecular weight excluding hydrogens is 857 g/mol. The molecule has 69 heavy (non-hydrogen) atoms. The maximum atomic E-state index is 5.45. The number of thiophene rings is 1. The average molecular weight is 897 g/mol. The van der Waals surface area contributed by atoms with Crippen LogP contribution in [0.15, 0.2) is 243 Å². The van der Waals surface area contributed by atoms with Crippen molar-refractivity contribution in [2.24, 2.45) is 0 Å². The third-order valence-corrected chi connectivity index (χ3v) is 14.9. The van der Waals surface area contributed by atoms with Crippen LogP contribution in [0.3, 0.4) is 0 Å². The molecule has 5 heteroatoms. The van der Waals surface area contributed by atoms with Crippen molar-refractivity contribution in [3.8, 4) is 67.5 Å². The molecule has 0 aliphatic rings. The molecule has 0 spiro atoms. The van der Waals surface area contributed by atoms with Crippen LogP contribution in [0.2, 0.25) is 0 Å². The zero-order valence-corrected chi connectivity index (χ0v) is 38.1. The van der Waals surface area contributed by atoms with Crippen LogP contribution >= 0.6 is 11.3 Å². The van der Waals surface area contributed by atoms with Gasteiger partial charge in [0, 0.05) is 64.1 Å². The summed E-state index contributed by atoms with van der Waals surface area (Å²) in [4.78, 5) is 10.9. The quantitative estimate of drug-likeness (QED) is 0.160. The van der Waals surface area contributed by atoms with E-state index in [1.807, 2.05) is 23.5 Å². The monoisotopic (exact) mass is 896 g/mol. The molecule has 14 rings (SSSR count). The van der Waals surface area contributed by atoms with Crippen LogP contribution < -0.4 is 0 Å². The van der Waals surface area contributed by atoms with E-state index in [0.717, 1.165) is 83.4 Å². The van der Waals surface area contributed by atoms with Crippen LogP contribution in [-0.2, 0) is 0 Å². The molecule has 322 valence electrons. The zero-order valence-electron chi connectivity index (χ0n) is 37.3. The predicted octanol–water partition coefficient (Wildman–Crippen LogP) is 17.4. The molecule has 10 aromatic carbocycles. The predicted molar refractivity (Wildman–Crippen MR) is 291 cm³/mol. The van der Waals surface area contributed by atoms with E-state index in [9.17, 15) is 0 Å². The minimum Gasteiger partial charge on any atom is -0.309 e. The Hall–Kier alpha value is -8.90. The van der Waals surface area contributed by atoms with E-state index in [-0.39, 0.29) is 0 Å². The highest BCUT2D eigenvalue weighted by atomic mass is 32.1. The van der Waals surface area contributed by atoms with Gasteiger partial charge in [-0.25, -0.2) is 9.97 Å². The van der Waals surface area contributed by atoms with Gasteiger partial charge in [-0.15, -0.1) is 11.3 Å². The fourth-order valence-electron chi connectivity index (χ4n) is 10.5. The van der Waals surface area contributed by atoms with Crippen molar-refractivity contribution in [3.05, 3.63) is 243 Å². The molecule has 0 fully saturated rings. The molecule has 0 atom stereocenters. The van der Waals surface area contributed by atoms with Crippen LogP contribution in [0.25, 0.3) is 131 Å². The number of para-hydroxylation sites is 1. The highest BCUT2D eigenvalue weighted by molar-refractivity contribution is 7.25. The van der Waals surface area contributed by atoms with Crippen molar-refractivity contribution in [2.45, 2.75) is 0 Å². The lowest BCUT2D eigenvalue weighted by atomic mass is 9.95. The Morgan fingerprint density at radius 3 is 1.43 bits per heavy atom. The van der Waals surface area contributed by atoms with Crippen molar-refractivity contribution in [1.29, 1.82) is 0 Å². The van der Waals surface area contributed by atoms with Crippen LogP contribution in [0.4, 0.5) is 0 Å². The first-order chi connectivity index (χ1) is 34.2. The van der Waals surface area contributed by atoms with E-state index in [4.69, 9.17) is 9.97 Å². The first-order valence-corrected chi connectivity index (χ1v) is 24.2. The normalized spacial score (nSPS) is 11.8. The SMILES string of the molecule is c1ccc(-c2cc(-c3ccccc3)c3c(c2)c2cc(-c4ccc5c(c4)c4cc6c(cc4n5-c4ccccc4)sc4ccccc46)ccc2n3-c2nc(-c3ccccc3)cc(-c3ccccc3)n2)cc1. The van der Waals surface area contributed by atoms with Crippen molar-refractivity contribution in [2.75, 3.05) is 0 Å². The average Bonchev–Trinajstić information content (AvgIpc) is 4.07. The summed E-state index contributed by atoms with van der Waals surface area (Å²) in [5.41, 5.74) is 16.3. The lowest BCUT2D eigenvalue weighted by Gasteiger charge is -2.15. The molecule has 0 unspecified atom stereocenters. The van der Waals surface area contributed by atoms with Gasteiger partial charge in [0.1, 0.15) is 0 Å². The molecule has 4 heterocycles. The minimum absolute atomic E-state index is 0.620. The van der Waals surface area contributed by atoms with Gasteiger partial charge >= 0.3 is 0 Å². The second-order valence-electron chi connectivity index (χ2n) is 17.8. The number of fused-ring (bicyclic) bond motifs is 9. The molecule has 0 radical (unpaired) electrons. The summed E-state index contributed by atoms with van der Waals surface area (Å²) < 4.78 is 7.34. The van der Waals surface area contributed by atoms with Gasteiger partial charge in [0.2, 0.25) is 5.95 Å². The maximum Gasteiger partial charge on any atom is 0.235 e. The van der Waals surface area contributed by atoms with Gasteiger partial charge in [-0.1, -0.05) is 170 Å². The Bertz CT molecular complexity index is 4210. The van der Waals surface area contributed by atoms with Crippen LogP contribution in [0.1, 0.15) is 0 Å². The van der Waals surface area contributed by atoms with Crippen molar-refractivity contribution in [3.63, 3.8) is 0 Å². The van der Waals surface area contributed by atoms with Crippen molar-refractivity contribution in [1.82, 2.24) is 19.1 Å². The van der Waals surface area contributed by atoms with Crippen molar-refractivity contribution >= 4 is 75.1 Å². The molecule has 0 aliphatic carbocycles. The van der Waals surface area contributed by atoms with Gasteiger partial charge in [-0.05, 0) is 101 Å². The Labute approximate surface area is 402 Å². The smallest absolute Gasteiger partial charge is 0.235 e. The summed E-state index contributed by atoms with van der Waals surface area (Å²) in [6, 6.07) is 87.5. The number of hydrogen-bond acceptors (Lipinski definition) is 3. The van der Waals surface area contributed by atoms with Crippen molar-refractivity contribution < 1.29 is 0 Å². The maximum absolute atomic E-state index is 5.45. The van der Waals surface area contributed by atoms with Gasteiger partial charge in [0.05, 0.1) is 33.5 Å². The highest BCUT2D eigenvalue weighted by Crippen LogP contribution is 2.45. The number of benzene rings is 10. The van der Waals surface area contributed by atoms with Gasteiger partial charge in [0.15, 0.2) is 0 Å². The van der Waals surface area contributed by atoms with E-state index in [2.05, 4.69) is 240 Å². The second kappa shape index (κ2) is 15.9. The Morgan fingerprint density at radius 2 is 0.797 bits per heavy atom. The van der Waals surface area contributed by atoms with Gasteiger partial charge in [0.25, 0.3) is 0 Å². The Kier molecular flexibility index (Phi) is 9.04. The minimum atomic E-state index is 0.620. The van der Waals surface area contributed by atoms with Gasteiger partial charge < -0.3 is 4.57 Å². The Balaban J connectivity index is 1.06. The third kappa shape index (κ3) is 6.51. The van der Waals surface area contributed by atoms with Gasteiger partial charge in [-0.3, -0.25) is 4.57 Å². The Morgan fingerprint density at radius 1 is 0.290 bits per heavy atom. The molecule has 4 aromatic heterocycles. The molecular formula is C64H40N4S. The largest absolute Gasteiger partial charge is 0.309 e. The third-order valence-electron chi connectivity index (χ3n) is 13.7. The summed E-state index contributed by atoms with van der Waals surface area (Å²) in [6.45, 7) is 0. The fraction of sp³-hybridized carbons (Fsp3) is 0. The lowest BCUT2D eigenvalue weighted by molar-refractivity contribution is 0.996. The number of nitrogens with zero attached hydrogens (tertiary/aromatic N) is 4.